The van der Waals surface area contributed by atoms with Crippen LogP contribution in [0.2, 0.25) is 0 Å². The van der Waals surface area contributed by atoms with Crippen LogP contribution in [-0.4, -0.2) is 23.1 Å². The van der Waals surface area contributed by atoms with Crippen LogP contribution in [0.1, 0.15) is 0 Å². The second kappa shape index (κ2) is 8.14. The minimum Gasteiger partial charge on any atom is -0.490 e. The summed E-state index contributed by atoms with van der Waals surface area (Å²) in [6.07, 6.45) is 3.55. The van der Waals surface area contributed by atoms with Crippen LogP contribution < -0.4 is 67.1 Å². The van der Waals surface area contributed by atoms with Gasteiger partial charge in [-0.2, -0.15) is 0 Å². The van der Waals surface area contributed by atoms with Crippen molar-refractivity contribution >= 4 is 12.4 Å². The fourth-order valence-corrected chi connectivity index (χ4v) is 1.60. The smallest absolute Gasteiger partial charge is 0.490 e. The average Bonchev–Trinajstić information content (AvgIpc) is 2.40. The van der Waals surface area contributed by atoms with E-state index in [1.165, 1.54) is 16.8 Å². The topological polar surface area (TPSA) is 44.1 Å². The van der Waals surface area contributed by atoms with E-state index < -0.39 is 12.4 Å². The zero-order chi connectivity index (χ0) is 14.6. The van der Waals surface area contributed by atoms with E-state index in [9.17, 15) is 17.7 Å². The quantitative estimate of drug-likeness (QED) is 0.622. The molecule has 0 aliphatic carbocycles. The average molecular weight is 322 g/mol. The van der Waals surface area contributed by atoms with Crippen molar-refractivity contribution in [3.05, 3.63) is 53.2 Å². The first-order chi connectivity index (χ1) is 9.47. The molecular formula is C12H11BF3KN2O2. The molecule has 0 radical (unpaired) electrons. The van der Waals surface area contributed by atoms with Gasteiger partial charge in [0.15, 0.2) is 0 Å². The molecule has 0 bridgehead atoms. The van der Waals surface area contributed by atoms with Gasteiger partial charge >= 0.3 is 58.4 Å². The maximum Gasteiger partial charge on any atom is 1.00 e. The van der Waals surface area contributed by atoms with Crippen molar-refractivity contribution in [3.63, 3.8) is 0 Å². The summed E-state index contributed by atoms with van der Waals surface area (Å²) in [5.41, 5.74) is -0.999. The fourth-order valence-electron chi connectivity index (χ4n) is 1.60. The van der Waals surface area contributed by atoms with E-state index in [0.29, 0.717) is 0 Å². The van der Waals surface area contributed by atoms with E-state index in [4.69, 9.17) is 4.74 Å². The molecule has 0 aliphatic rings. The maximum absolute atomic E-state index is 12.5. The molecule has 21 heavy (non-hydrogen) atoms. The van der Waals surface area contributed by atoms with Gasteiger partial charge in [0.05, 0.1) is 12.7 Å². The predicted molar refractivity (Wildman–Crippen MR) is 69.1 cm³/mol. The normalized spacial score (nSPS) is 10.8. The molecule has 0 fully saturated rings. The van der Waals surface area contributed by atoms with E-state index >= 15 is 0 Å². The van der Waals surface area contributed by atoms with Crippen LogP contribution in [0.5, 0.6) is 5.75 Å². The summed E-state index contributed by atoms with van der Waals surface area (Å²) in [5.74, 6) is 0.0330. The summed E-state index contributed by atoms with van der Waals surface area (Å²) in [6.45, 7) is -4.76. The standard InChI is InChI=1S/C12H11BF3N2O2.K/c14-13(15,16)10-7-11(9-17-8-10)20-6-5-18-4-2-1-3-12(18)19;/h1-4,7-9H,5-6H2;/q-1;+1. The van der Waals surface area contributed by atoms with E-state index in [1.807, 2.05) is 0 Å². The second-order valence-electron chi connectivity index (χ2n) is 4.11. The summed E-state index contributed by atoms with van der Waals surface area (Å²) in [7, 11) is 0. The van der Waals surface area contributed by atoms with Crippen molar-refractivity contribution in [2.24, 2.45) is 0 Å². The number of nitrogens with zero attached hydrogens (tertiary/aromatic N) is 2. The first kappa shape index (κ1) is 18.4. The summed E-state index contributed by atoms with van der Waals surface area (Å²) in [4.78, 5) is 14.9. The summed E-state index contributed by atoms with van der Waals surface area (Å²) in [5, 5.41) is 0. The van der Waals surface area contributed by atoms with Gasteiger partial charge in [-0.1, -0.05) is 11.5 Å². The van der Waals surface area contributed by atoms with Gasteiger partial charge in [-0.3, -0.25) is 9.78 Å². The molecule has 2 heterocycles. The van der Waals surface area contributed by atoms with Crippen LogP contribution in [0, 0.1) is 0 Å². The summed E-state index contributed by atoms with van der Waals surface area (Å²) in [6, 6.07) is 5.60. The molecule has 106 valence electrons. The molecule has 4 nitrogen and oxygen atoms in total. The Morgan fingerprint density at radius 1 is 1.24 bits per heavy atom. The van der Waals surface area contributed by atoms with Crippen LogP contribution >= 0.6 is 0 Å². The number of halogens is 3. The molecule has 2 aromatic heterocycles. The van der Waals surface area contributed by atoms with Crippen molar-refractivity contribution in [2.75, 3.05) is 6.61 Å². The Morgan fingerprint density at radius 3 is 2.67 bits per heavy atom. The van der Waals surface area contributed by atoms with Gasteiger partial charge in [-0.25, -0.2) is 0 Å². The molecule has 2 rings (SSSR count). The van der Waals surface area contributed by atoms with Gasteiger partial charge in [0.2, 0.25) is 0 Å². The largest absolute Gasteiger partial charge is 1.00 e. The van der Waals surface area contributed by atoms with Gasteiger partial charge in [-0.15, -0.1) is 0 Å². The Labute approximate surface area is 161 Å². The van der Waals surface area contributed by atoms with E-state index in [0.717, 1.165) is 12.3 Å². The number of aromatic nitrogens is 2. The minimum absolute atomic E-state index is 0. The maximum atomic E-state index is 12.5. The number of pyridine rings is 2. The molecule has 9 heteroatoms. The fraction of sp³-hybridized carbons (Fsp3) is 0.167. The van der Waals surface area contributed by atoms with Gasteiger partial charge < -0.3 is 22.3 Å². The van der Waals surface area contributed by atoms with Crippen molar-refractivity contribution in [3.8, 4) is 5.75 Å². The Hall–Kier alpha value is -0.609. The Morgan fingerprint density at radius 2 is 2.00 bits per heavy atom. The Kier molecular flexibility index (Phi) is 7.15. The van der Waals surface area contributed by atoms with E-state index in [-0.39, 0.29) is 75.8 Å². The number of ether oxygens (including phenoxy) is 1. The van der Waals surface area contributed by atoms with E-state index in [2.05, 4.69) is 4.98 Å². The van der Waals surface area contributed by atoms with Gasteiger partial charge in [-0.05, 0) is 12.1 Å². The molecule has 0 saturated heterocycles. The third-order valence-corrected chi connectivity index (χ3v) is 2.61. The van der Waals surface area contributed by atoms with Crippen LogP contribution in [-0.2, 0) is 6.54 Å². The molecule has 0 aromatic carbocycles. The van der Waals surface area contributed by atoms with Crippen molar-refractivity contribution in [2.45, 2.75) is 6.54 Å². The molecule has 0 N–H and O–H groups in total. The Bertz CT molecular complexity index is 649. The number of hydrogen-bond acceptors (Lipinski definition) is 3. The number of hydrogen-bond donors (Lipinski definition) is 0. The molecule has 0 aliphatic heterocycles. The van der Waals surface area contributed by atoms with Crippen LogP contribution in [0.3, 0.4) is 0 Å². The number of rotatable bonds is 5. The SMILES string of the molecule is O=c1ccccn1CCOc1cncc([B-](F)(F)F)c1.[K+]. The summed E-state index contributed by atoms with van der Waals surface area (Å²) >= 11 is 0. The monoisotopic (exact) mass is 322 g/mol. The molecule has 0 saturated carbocycles. The van der Waals surface area contributed by atoms with Crippen LogP contribution in [0.4, 0.5) is 12.9 Å². The van der Waals surface area contributed by atoms with Gasteiger partial charge in [0, 0.05) is 18.5 Å². The molecular weight excluding hydrogens is 311 g/mol. The minimum atomic E-state index is -5.09. The van der Waals surface area contributed by atoms with Crippen LogP contribution in [0.25, 0.3) is 0 Å². The molecule has 0 amide bonds. The zero-order valence-corrected chi connectivity index (χ0v) is 14.5. The molecule has 2 aromatic rings. The van der Waals surface area contributed by atoms with Crippen molar-refractivity contribution < 1.29 is 69.1 Å². The predicted octanol–water partition coefficient (Wildman–Crippen LogP) is -1.62. The van der Waals surface area contributed by atoms with Crippen molar-refractivity contribution in [1.29, 1.82) is 0 Å². The Balaban J connectivity index is 0.00000220. The van der Waals surface area contributed by atoms with Crippen LogP contribution in [0.15, 0.2) is 47.7 Å². The first-order valence-electron chi connectivity index (χ1n) is 5.90. The molecule has 0 spiro atoms. The van der Waals surface area contributed by atoms with E-state index in [1.54, 1.807) is 18.3 Å². The van der Waals surface area contributed by atoms with Gasteiger partial charge in [0.25, 0.3) is 5.56 Å². The van der Waals surface area contributed by atoms with Gasteiger partial charge in [0.1, 0.15) is 12.4 Å². The molecule has 0 unspecified atom stereocenters. The summed E-state index contributed by atoms with van der Waals surface area (Å²) < 4.78 is 44.2. The van der Waals surface area contributed by atoms with Crippen molar-refractivity contribution in [1.82, 2.24) is 9.55 Å². The second-order valence-corrected chi connectivity index (χ2v) is 4.11. The first-order valence-corrected chi connectivity index (χ1v) is 5.90. The zero-order valence-electron chi connectivity index (χ0n) is 11.4. The third kappa shape index (κ3) is 5.59. The third-order valence-electron chi connectivity index (χ3n) is 2.61. The molecule has 0 atom stereocenters.